The van der Waals surface area contributed by atoms with Crippen LogP contribution in [-0.4, -0.2) is 28.9 Å². The smallest absolute Gasteiger partial charge is 0.257 e. The Labute approximate surface area is 168 Å². The molecule has 2 aromatic carbocycles. The first-order valence-electron chi connectivity index (χ1n) is 8.21. The lowest BCUT2D eigenvalue weighted by molar-refractivity contribution is -0.127. The molecule has 0 unspecified atom stereocenters. The zero-order chi connectivity index (χ0) is 19.4. The molecule has 0 aromatic heterocycles. The minimum Gasteiger partial charge on any atom is -0.272 e. The van der Waals surface area contributed by atoms with E-state index >= 15 is 0 Å². The van der Waals surface area contributed by atoms with Gasteiger partial charge in [-0.05, 0) is 31.0 Å². The van der Waals surface area contributed by atoms with Gasteiger partial charge in [0.25, 0.3) is 15.9 Å². The fraction of sp³-hybridized carbons (Fsp3) is 0.158. The number of hydrogen-bond acceptors (Lipinski definition) is 5. The summed E-state index contributed by atoms with van der Waals surface area (Å²) < 4.78 is 25.1. The largest absolute Gasteiger partial charge is 0.272 e. The molecular formula is C19H18N2O3S3. The van der Waals surface area contributed by atoms with E-state index in [4.69, 9.17) is 12.2 Å². The molecule has 1 heterocycles. The molecule has 2 aromatic rings. The van der Waals surface area contributed by atoms with Crippen LogP contribution in [0.4, 0.5) is 0 Å². The first-order valence-corrected chi connectivity index (χ1v) is 11.0. The van der Waals surface area contributed by atoms with Crippen LogP contribution in [0.25, 0.3) is 6.08 Å². The second kappa shape index (κ2) is 8.35. The van der Waals surface area contributed by atoms with E-state index in [-0.39, 0.29) is 15.1 Å². The first kappa shape index (κ1) is 19.8. The molecule has 8 heteroatoms. The molecule has 5 nitrogen and oxygen atoms in total. The highest BCUT2D eigenvalue weighted by Gasteiger charge is 2.39. The molecular weight excluding hydrogens is 400 g/mol. The van der Waals surface area contributed by atoms with Crippen LogP contribution >= 0.6 is 24.0 Å². The van der Waals surface area contributed by atoms with Gasteiger partial charge >= 0.3 is 0 Å². The fourth-order valence-corrected chi connectivity index (χ4v) is 5.31. The lowest BCUT2D eigenvalue weighted by atomic mass is 10.1. The normalized spacial score (nSPS) is 18.2. The van der Waals surface area contributed by atoms with Crippen molar-refractivity contribution in [3.8, 4) is 0 Å². The Balaban J connectivity index is 1.71. The van der Waals surface area contributed by atoms with E-state index in [1.54, 1.807) is 18.2 Å². The molecule has 1 atom stereocenters. The summed E-state index contributed by atoms with van der Waals surface area (Å²) in [5, 5.41) is 0.513. The van der Waals surface area contributed by atoms with Crippen molar-refractivity contribution < 1.29 is 13.2 Å². The van der Waals surface area contributed by atoms with Crippen molar-refractivity contribution in [2.24, 2.45) is 0 Å². The molecule has 0 radical (unpaired) electrons. The maximum atomic E-state index is 12.7. The zero-order valence-electron chi connectivity index (χ0n) is 14.5. The molecule has 1 saturated heterocycles. The van der Waals surface area contributed by atoms with Crippen LogP contribution in [0.1, 0.15) is 18.9 Å². The van der Waals surface area contributed by atoms with E-state index in [2.05, 4.69) is 4.83 Å². The minimum atomic E-state index is -3.87. The number of nitrogens with one attached hydrogen (secondary N) is 1. The van der Waals surface area contributed by atoms with Crippen molar-refractivity contribution >= 4 is 50.3 Å². The molecule has 3 rings (SSSR count). The summed E-state index contributed by atoms with van der Waals surface area (Å²) in [6.45, 7) is 1.95. The molecule has 0 bridgehead atoms. The van der Waals surface area contributed by atoms with Crippen LogP contribution in [-0.2, 0) is 14.8 Å². The number of carbonyl (C=O) groups excluding carboxylic acids is 1. The van der Waals surface area contributed by atoms with Gasteiger partial charge in [-0.15, -0.1) is 4.83 Å². The lowest BCUT2D eigenvalue weighted by Crippen LogP contribution is -2.46. The fourth-order valence-electron chi connectivity index (χ4n) is 2.63. The van der Waals surface area contributed by atoms with Crippen LogP contribution in [0.3, 0.4) is 0 Å². The van der Waals surface area contributed by atoms with Gasteiger partial charge in [0.05, 0.1) is 10.1 Å². The van der Waals surface area contributed by atoms with Crippen LogP contribution in [0, 0.1) is 0 Å². The minimum absolute atomic E-state index is 0.0780. The van der Waals surface area contributed by atoms with Crippen molar-refractivity contribution in [1.82, 2.24) is 9.84 Å². The Hall–Kier alpha value is -2.00. The second-order valence-corrected chi connectivity index (χ2v) is 9.56. The Bertz CT molecular complexity index is 974. The summed E-state index contributed by atoms with van der Waals surface area (Å²) in [5.41, 5.74) is 2.07. The molecule has 140 valence electrons. The zero-order valence-corrected chi connectivity index (χ0v) is 17.0. The number of allylic oxidation sites excluding steroid dienone is 1. The number of benzene rings is 2. The third-order valence-corrected chi connectivity index (χ3v) is 6.73. The number of amides is 1. The third kappa shape index (κ3) is 4.84. The molecule has 1 aliphatic heterocycles. The summed E-state index contributed by atoms with van der Waals surface area (Å²) in [4.78, 5) is 15.1. The van der Waals surface area contributed by atoms with E-state index < -0.39 is 15.3 Å². The molecule has 1 fully saturated rings. The van der Waals surface area contributed by atoms with Crippen molar-refractivity contribution in [3.63, 3.8) is 0 Å². The van der Waals surface area contributed by atoms with E-state index in [0.29, 0.717) is 6.42 Å². The topological polar surface area (TPSA) is 66.5 Å². The predicted octanol–water partition coefficient (Wildman–Crippen LogP) is 3.60. The van der Waals surface area contributed by atoms with Gasteiger partial charge in [0, 0.05) is 0 Å². The van der Waals surface area contributed by atoms with Gasteiger partial charge in [0.15, 0.2) is 4.32 Å². The Morgan fingerprint density at radius 2 is 1.74 bits per heavy atom. The van der Waals surface area contributed by atoms with E-state index in [1.165, 1.54) is 23.9 Å². The van der Waals surface area contributed by atoms with Crippen molar-refractivity contribution in [3.05, 3.63) is 71.8 Å². The number of thiocarbonyl (C=S) groups is 1. The lowest BCUT2D eigenvalue weighted by Gasteiger charge is -2.17. The molecule has 0 aliphatic carbocycles. The maximum absolute atomic E-state index is 12.7. The third-order valence-electron chi connectivity index (χ3n) is 3.91. The molecule has 0 spiro atoms. The van der Waals surface area contributed by atoms with Gasteiger partial charge in [0.2, 0.25) is 0 Å². The molecule has 0 saturated carbocycles. The second-order valence-electron chi connectivity index (χ2n) is 6.06. The monoisotopic (exact) mass is 418 g/mol. The number of carbonyl (C=O) groups is 1. The summed E-state index contributed by atoms with van der Waals surface area (Å²) in [5.74, 6) is -0.356. The van der Waals surface area contributed by atoms with E-state index in [0.717, 1.165) is 16.1 Å². The predicted molar refractivity (Wildman–Crippen MR) is 112 cm³/mol. The van der Waals surface area contributed by atoms with Crippen molar-refractivity contribution in [2.45, 2.75) is 23.5 Å². The van der Waals surface area contributed by atoms with Gasteiger partial charge in [-0.25, -0.2) is 13.4 Å². The average molecular weight is 419 g/mol. The van der Waals surface area contributed by atoms with Gasteiger partial charge in [-0.2, -0.15) is 0 Å². The Morgan fingerprint density at radius 1 is 1.15 bits per heavy atom. The quantitative estimate of drug-likeness (QED) is 0.726. The van der Waals surface area contributed by atoms with Gasteiger partial charge < -0.3 is 0 Å². The number of sulfonamides is 1. The SMILES string of the molecule is C/C(=C\c1ccccc1)C[C@H]1SC(=S)N(NS(=O)(=O)c2ccccc2)C1=O. The van der Waals surface area contributed by atoms with Crippen LogP contribution in [0.5, 0.6) is 0 Å². The van der Waals surface area contributed by atoms with Crippen LogP contribution in [0.15, 0.2) is 71.1 Å². The Kier molecular flexibility index (Phi) is 6.11. The van der Waals surface area contributed by atoms with E-state index in [1.807, 2.05) is 43.3 Å². The number of thioether (sulfide) groups is 1. The standard InChI is InChI=1S/C19H18N2O3S3/c1-14(12-15-8-4-2-5-9-15)13-17-18(22)21(19(25)26-17)20-27(23,24)16-10-6-3-7-11-16/h2-12,17,20H,13H2,1H3/b14-12+/t17-/m1/s1. The summed E-state index contributed by atoms with van der Waals surface area (Å²) in [6.07, 6.45) is 2.50. The highest BCUT2D eigenvalue weighted by atomic mass is 32.2. The van der Waals surface area contributed by atoms with Gasteiger partial charge in [-0.3, -0.25) is 4.79 Å². The summed E-state index contributed by atoms with van der Waals surface area (Å²) in [6, 6.07) is 17.7. The summed E-state index contributed by atoms with van der Waals surface area (Å²) >= 11 is 6.41. The van der Waals surface area contributed by atoms with Gasteiger partial charge in [0.1, 0.15) is 0 Å². The van der Waals surface area contributed by atoms with Crippen LogP contribution in [0.2, 0.25) is 0 Å². The van der Waals surface area contributed by atoms with Crippen molar-refractivity contribution in [2.75, 3.05) is 0 Å². The molecule has 1 amide bonds. The highest BCUT2D eigenvalue weighted by Crippen LogP contribution is 2.31. The van der Waals surface area contributed by atoms with Crippen LogP contribution < -0.4 is 4.83 Å². The molecule has 1 N–H and O–H groups in total. The van der Waals surface area contributed by atoms with Crippen molar-refractivity contribution in [1.29, 1.82) is 0 Å². The Morgan fingerprint density at radius 3 is 2.37 bits per heavy atom. The number of hydrogen-bond donors (Lipinski definition) is 1. The summed E-state index contributed by atoms with van der Waals surface area (Å²) in [7, 11) is -3.87. The van der Waals surface area contributed by atoms with Gasteiger partial charge in [-0.1, -0.05) is 84.2 Å². The first-order chi connectivity index (χ1) is 12.9. The highest BCUT2D eigenvalue weighted by molar-refractivity contribution is 8.24. The number of rotatable bonds is 6. The number of nitrogens with zero attached hydrogens (tertiary/aromatic N) is 1. The molecule has 27 heavy (non-hydrogen) atoms. The average Bonchev–Trinajstić information content (AvgIpc) is 2.90. The number of hydrazine groups is 1. The maximum Gasteiger partial charge on any atom is 0.257 e. The van der Waals surface area contributed by atoms with E-state index in [9.17, 15) is 13.2 Å². The molecule has 1 aliphatic rings.